The molecule has 40 heavy (non-hydrogen) atoms. The van der Waals surface area contributed by atoms with E-state index < -0.39 is 22.2 Å². The topological polar surface area (TPSA) is 119 Å². The number of benzene rings is 1. The van der Waals surface area contributed by atoms with Gasteiger partial charge in [-0.3, -0.25) is 14.5 Å². The molecule has 0 bridgehead atoms. The van der Waals surface area contributed by atoms with Gasteiger partial charge in [-0.1, -0.05) is 5.57 Å². The summed E-state index contributed by atoms with van der Waals surface area (Å²) in [6, 6.07) is 8.18. The summed E-state index contributed by atoms with van der Waals surface area (Å²) in [5, 5.41) is 7.75. The van der Waals surface area contributed by atoms with Gasteiger partial charge in [0, 0.05) is 49.2 Å². The lowest BCUT2D eigenvalue weighted by Crippen LogP contribution is -2.50. The number of nitrogens with zero attached hydrogens (tertiary/aromatic N) is 5. The molecule has 3 N–H and O–H groups in total. The Labute approximate surface area is 232 Å². The summed E-state index contributed by atoms with van der Waals surface area (Å²) < 4.78 is 44.8. The highest BCUT2D eigenvalue weighted by molar-refractivity contribution is 7.82. The van der Waals surface area contributed by atoms with E-state index in [0.29, 0.717) is 36.3 Å². The van der Waals surface area contributed by atoms with Gasteiger partial charge in [0.15, 0.2) is 16.8 Å². The van der Waals surface area contributed by atoms with Crippen LogP contribution in [0.15, 0.2) is 77.1 Å². The van der Waals surface area contributed by atoms with Gasteiger partial charge in [0.25, 0.3) is 5.16 Å². The van der Waals surface area contributed by atoms with E-state index in [1.165, 1.54) is 35.4 Å². The van der Waals surface area contributed by atoms with Crippen LogP contribution in [0.2, 0.25) is 0 Å². The number of pyridine rings is 1. The van der Waals surface area contributed by atoms with Crippen molar-refractivity contribution < 1.29 is 17.8 Å². The Kier molecular flexibility index (Phi) is 6.83. The van der Waals surface area contributed by atoms with Crippen LogP contribution in [0, 0.1) is 17.0 Å². The molecule has 0 amide bonds. The van der Waals surface area contributed by atoms with E-state index >= 15 is 0 Å². The van der Waals surface area contributed by atoms with Crippen molar-refractivity contribution in [2.45, 2.75) is 55.8 Å². The van der Waals surface area contributed by atoms with Gasteiger partial charge in [-0.2, -0.15) is 0 Å². The molecule has 0 aliphatic heterocycles. The fourth-order valence-electron chi connectivity index (χ4n) is 5.79. The summed E-state index contributed by atoms with van der Waals surface area (Å²) in [5.74, 6) is -1.21. The summed E-state index contributed by atoms with van der Waals surface area (Å²) in [4.78, 5) is 22.6. The van der Waals surface area contributed by atoms with Crippen LogP contribution in [0.4, 0.5) is 14.5 Å². The molecule has 3 atom stereocenters. The molecule has 1 aromatic carbocycles. The van der Waals surface area contributed by atoms with Crippen LogP contribution >= 0.6 is 0 Å². The number of carbonyl (C=O) groups is 1. The summed E-state index contributed by atoms with van der Waals surface area (Å²) in [6.45, 7) is 0. The number of nitrogens with one attached hydrogen (secondary N) is 1. The molecule has 0 saturated heterocycles. The minimum Gasteiger partial charge on any atom is -0.400 e. The molecule has 3 unspecified atom stereocenters. The maximum Gasteiger partial charge on any atom is 0.254 e. The van der Waals surface area contributed by atoms with E-state index in [-0.39, 0.29) is 41.0 Å². The monoisotopic (exact) mass is 565 g/mol. The number of Topliss-reactive ketones (excluding diaryl/α,β-unsaturated/α-hetero) is 1. The zero-order valence-electron chi connectivity index (χ0n) is 21.9. The molecular formula is C28H29F2N7O2S. The summed E-state index contributed by atoms with van der Waals surface area (Å²) in [7, 11) is 0.120. The zero-order valence-corrected chi connectivity index (χ0v) is 22.7. The first-order valence-electron chi connectivity index (χ1n) is 13.2. The zero-order chi connectivity index (χ0) is 28.0. The number of halogens is 2. The van der Waals surface area contributed by atoms with Gasteiger partial charge in [0.05, 0.1) is 11.1 Å². The number of aromatic nitrogens is 4. The van der Waals surface area contributed by atoms with Crippen LogP contribution in [0.25, 0.3) is 0 Å². The van der Waals surface area contributed by atoms with Crippen molar-refractivity contribution in [1.29, 1.82) is 0 Å². The molecule has 2 fully saturated rings. The van der Waals surface area contributed by atoms with Crippen molar-refractivity contribution in [3.8, 4) is 0 Å². The molecule has 0 radical (unpaired) electrons. The highest BCUT2D eigenvalue weighted by Gasteiger charge is 2.52. The Balaban J connectivity index is 1.37. The second-order valence-electron chi connectivity index (χ2n) is 10.6. The summed E-state index contributed by atoms with van der Waals surface area (Å²) >= 11 is 0. The molecule has 2 heterocycles. The number of aryl methyl sites for hydroxylation is 1. The molecule has 6 rings (SSSR count). The fourth-order valence-corrected chi connectivity index (χ4v) is 7.24. The van der Waals surface area contributed by atoms with E-state index in [9.17, 15) is 17.8 Å². The number of ketones is 1. The van der Waals surface area contributed by atoms with Crippen LogP contribution in [0.5, 0.6) is 0 Å². The van der Waals surface area contributed by atoms with Crippen LogP contribution in [0.3, 0.4) is 0 Å². The molecule has 3 aliphatic carbocycles. The van der Waals surface area contributed by atoms with Gasteiger partial charge in [0.1, 0.15) is 23.7 Å². The van der Waals surface area contributed by atoms with Crippen molar-refractivity contribution in [2.24, 2.45) is 18.2 Å². The molecule has 3 aliphatic rings. The number of rotatable bonds is 8. The Bertz CT molecular complexity index is 1550. The molecule has 12 heteroatoms. The Hall–Kier alpha value is -3.77. The van der Waals surface area contributed by atoms with Crippen LogP contribution in [-0.4, -0.2) is 46.1 Å². The molecule has 0 spiro atoms. The average molecular weight is 566 g/mol. The highest BCUT2D eigenvalue weighted by atomic mass is 32.2. The Morgan fingerprint density at radius 3 is 2.58 bits per heavy atom. The van der Waals surface area contributed by atoms with Crippen molar-refractivity contribution in [1.82, 2.24) is 24.1 Å². The van der Waals surface area contributed by atoms with E-state index in [1.54, 1.807) is 19.2 Å². The molecule has 9 nitrogen and oxygen atoms in total. The molecular weight excluding hydrogens is 536 g/mol. The maximum atomic E-state index is 14.2. The number of fused-ring (bicyclic) bond motifs is 1. The first-order valence-corrected chi connectivity index (χ1v) is 14.3. The summed E-state index contributed by atoms with van der Waals surface area (Å²) in [5.41, 5.74) is 8.14. The van der Waals surface area contributed by atoms with E-state index in [2.05, 4.69) is 20.4 Å². The normalized spacial score (nSPS) is 23.5. The second-order valence-corrected chi connectivity index (χ2v) is 11.9. The first kappa shape index (κ1) is 26.5. The van der Waals surface area contributed by atoms with Gasteiger partial charge < -0.3 is 11.1 Å². The SMILES string of the molecule is Cn1cnc(S(=O)N(C2CC2)C2CCC3=CC(Nc4ccc(F)cc4)=C(N)CC3(C(=O)c3cc(F)ccn3)C2)n1. The quantitative estimate of drug-likeness (QED) is 0.396. The van der Waals surface area contributed by atoms with Crippen molar-refractivity contribution in [3.63, 3.8) is 0 Å². The standard InChI is InChI=1S/C28H29F2N7O2S/c1-36-16-33-27(35-36)40(39)37(21-8-9-21)22-7-2-17-12-24(34-20-5-3-18(29)4-6-20)23(31)15-28(17,14-22)26(38)25-13-19(30)10-11-32-25/h3-6,10-13,16,21-22,34H,2,7-9,14-15,31H2,1H3. The number of carbonyl (C=O) groups excluding carboxylic acids is 1. The third-order valence-electron chi connectivity index (χ3n) is 7.81. The van der Waals surface area contributed by atoms with Gasteiger partial charge in [0.2, 0.25) is 0 Å². The number of nitrogens with two attached hydrogens (primary N) is 1. The third-order valence-corrected chi connectivity index (χ3v) is 9.29. The number of allylic oxidation sites excluding steroid dienone is 3. The highest BCUT2D eigenvalue weighted by Crippen LogP contribution is 2.52. The average Bonchev–Trinajstić information content (AvgIpc) is 3.68. The van der Waals surface area contributed by atoms with E-state index in [4.69, 9.17) is 5.73 Å². The van der Waals surface area contributed by atoms with Gasteiger partial charge in [-0.25, -0.2) is 22.3 Å². The van der Waals surface area contributed by atoms with Gasteiger partial charge >= 0.3 is 0 Å². The van der Waals surface area contributed by atoms with E-state index in [0.717, 1.165) is 24.5 Å². The molecule has 3 aromatic rings. The second kappa shape index (κ2) is 10.3. The number of hydrogen-bond donors (Lipinski definition) is 2. The van der Waals surface area contributed by atoms with Gasteiger partial charge in [-0.05, 0) is 68.5 Å². The Morgan fingerprint density at radius 1 is 1.12 bits per heavy atom. The summed E-state index contributed by atoms with van der Waals surface area (Å²) in [6.07, 6.45) is 8.22. The lowest BCUT2D eigenvalue weighted by atomic mass is 9.61. The lowest BCUT2D eigenvalue weighted by molar-refractivity contribution is 0.0732. The number of anilines is 1. The predicted molar refractivity (Wildman–Crippen MR) is 145 cm³/mol. The van der Waals surface area contributed by atoms with E-state index in [1.807, 2.05) is 10.4 Å². The lowest BCUT2D eigenvalue weighted by Gasteiger charge is -2.46. The molecule has 208 valence electrons. The van der Waals surface area contributed by atoms with Crippen molar-refractivity contribution >= 4 is 22.5 Å². The minimum absolute atomic E-state index is 0.0276. The number of hydrogen-bond acceptors (Lipinski definition) is 7. The predicted octanol–water partition coefficient (Wildman–Crippen LogP) is 4.01. The Morgan fingerprint density at radius 2 is 1.90 bits per heavy atom. The van der Waals surface area contributed by atoms with Gasteiger partial charge in [-0.15, -0.1) is 5.10 Å². The van der Waals surface area contributed by atoms with Crippen molar-refractivity contribution in [3.05, 3.63) is 89.3 Å². The third kappa shape index (κ3) is 4.97. The molecule has 2 aromatic heterocycles. The largest absolute Gasteiger partial charge is 0.400 e. The minimum atomic E-state index is -1.60. The van der Waals surface area contributed by atoms with Crippen molar-refractivity contribution in [2.75, 3.05) is 5.32 Å². The van der Waals surface area contributed by atoms with Crippen LogP contribution < -0.4 is 11.1 Å². The molecule has 2 saturated carbocycles. The van der Waals surface area contributed by atoms with Crippen LogP contribution in [0.1, 0.15) is 49.0 Å². The fraction of sp³-hybridized carbons (Fsp3) is 0.357. The maximum absolute atomic E-state index is 14.2. The first-order chi connectivity index (χ1) is 19.2. The van der Waals surface area contributed by atoms with Crippen LogP contribution in [-0.2, 0) is 18.0 Å². The smallest absolute Gasteiger partial charge is 0.254 e.